The van der Waals surface area contributed by atoms with Crippen LogP contribution in [0.1, 0.15) is 31.2 Å². The summed E-state index contributed by atoms with van der Waals surface area (Å²) in [5, 5.41) is 0. The van der Waals surface area contributed by atoms with Crippen molar-refractivity contribution in [2.45, 2.75) is 32.1 Å². The molecule has 0 aliphatic carbocycles. The Morgan fingerprint density at radius 3 is 2.07 bits per heavy atom. The Bertz CT molecular complexity index is 197. The Morgan fingerprint density at radius 1 is 0.857 bits per heavy atom. The summed E-state index contributed by atoms with van der Waals surface area (Å²) in [6, 6.07) is 10.7. The molecule has 0 fully saturated rings. The summed E-state index contributed by atoms with van der Waals surface area (Å²) in [4.78, 5) is 0. The molecule has 0 N–H and O–H groups in total. The number of aryl methyl sites for hydroxylation is 1. The fourth-order valence-corrected chi connectivity index (χ4v) is 1.33. The predicted molar refractivity (Wildman–Crippen MR) is 54.0 cm³/mol. The molecule has 1 rings (SSSR count). The minimum Gasteiger partial charge on any atom is -0.343 e. The second-order valence-corrected chi connectivity index (χ2v) is 3.15. The first-order chi connectivity index (χ1) is 5.93. The van der Waals surface area contributed by atoms with Gasteiger partial charge in [-0.3, -0.25) is 0 Å². The topological polar surface area (TPSA) is 0 Å². The van der Waals surface area contributed by atoms with Crippen LogP contribution in [-0.4, -0.2) is 0 Å². The molecule has 0 nitrogen and oxygen atoms in total. The molecular weight excluding hydrogens is 158 g/mol. The fourth-order valence-electron chi connectivity index (χ4n) is 1.33. The Hall–Kier alpha value is 0.415. The van der Waals surface area contributed by atoms with Crippen LogP contribution in [0.4, 0.5) is 0 Å². The van der Waals surface area contributed by atoms with Crippen LogP contribution in [-0.2, 0) is 6.42 Å². The van der Waals surface area contributed by atoms with Crippen LogP contribution in [0.25, 0.3) is 0 Å². The van der Waals surface area contributed by atoms with Gasteiger partial charge in [-0.15, -0.1) is 0 Å². The molecule has 0 radical (unpaired) electrons. The van der Waals surface area contributed by atoms with Gasteiger partial charge in [-0.05, 0) is 18.4 Å². The van der Waals surface area contributed by atoms with E-state index in [0.29, 0.717) is 0 Å². The molecule has 0 amide bonds. The van der Waals surface area contributed by atoms with E-state index in [4.69, 9.17) is 0 Å². The van der Waals surface area contributed by atoms with E-state index in [2.05, 4.69) is 37.3 Å². The maximum atomic E-state index is 3.83. The number of benzene rings is 1. The molecule has 0 heterocycles. The third-order valence-electron chi connectivity index (χ3n) is 2.06. The predicted octanol–water partition coefficient (Wildman–Crippen LogP) is -2.37. The summed E-state index contributed by atoms with van der Waals surface area (Å²) in [5.74, 6) is 0. The van der Waals surface area contributed by atoms with Gasteiger partial charge in [0.15, 0.2) is 0 Å². The van der Waals surface area contributed by atoms with Crippen LogP contribution in [0.2, 0.25) is 0 Å². The van der Waals surface area contributed by atoms with E-state index in [-0.39, 0.29) is 37.7 Å². The average Bonchev–Trinajstić information content (AvgIpc) is 2.14. The molecule has 0 aromatic heterocycles. The number of unbranched alkanes of at least 4 members (excludes halogenated alkanes) is 3. The van der Waals surface area contributed by atoms with Gasteiger partial charge in [-0.2, -0.15) is 6.42 Å². The Kier molecular flexibility index (Phi) is 13.8. The molecule has 66 valence electrons. The zero-order valence-corrected chi connectivity index (χ0v) is 9.63. The van der Waals surface area contributed by atoms with Crippen LogP contribution in [0, 0.1) is 6.92 Å². The molecule has 1 aromatic rings. The first kappa shape index (κ1) is 16.8. The van der Waals surface area contributed by atoms with Crippen molar-refractivity contribution in [2.24, 2.45) is 0 Å². The molecule has 1 aromatic carbocycles. The quantitative estimate of drug-likeness (QED) is 0.266. The molecule has 14 heavy (non-hydrogen) atoms. The van der Waals surface area contributed by atoms with Crippen LogP contribution >= 0.6 is 0 Å². The number of hydrogen-bond acceptors (Lipinski definition) is 0. The molecule has 0 saturated heterocycles. The molecule has 0 spiro atoms. The first-order valence-electron chi connectivity index (χ1n) is 4.76. The summed E-state index contributed by atoms with van der Waals surface area (Å²) in [5.41, 5.74) is 1.46. The Morgan fingerprint density at radius 2 is 1.50 bits per heavy atom. The van der Waals surface area contributed by atoms with E-state index >= 15 is 0 Å². The van der Waals surface area contributed by atoms with Gasteiger partial charge in [0.05, 0.1) is 0 Å². The molecule has 0 bridgehead atoms. The largest absolute Gasteiger partial charge is 1.00 e. The van der Waals surface area contributed by atoms with Gasteiger partial charge in [-0.25, -0.2) is 0 Å². The van der Waals surface area contributed by atoms with Crippen LogP contribution in [0.5, 0.6) is 0 Å². The molecular formula is C12H17Li2+. The second kappa shape index (κ2) is 11.5. The summed E-state index contributed by atoms with van der Waals surface area (Å²) in [6.45, 7) is 3.83. The van der Waals surface area contributed by atoms with Crippen molar-refractivity contribution in [1.29, 1.82) is 0 Å². The van der Waals surface area contributed by atoms with Gasteiger partial charge in [0.25, 0.3) is 0 Å². The van der Waals surface area contributed by atoms with E-state index in [0.717, 1.165) is 6.42 Å². The maximum absolute atomic E-state index is 3.83. The van der Waals surface area contributed by atoms with Gasteiger partial charge in [0.2, 0.25) is 0 Å². The van der Waals surface area contributed by atoms with Crippen LogP contribution in [0.3, 0.4) is 0 Å². The summed E-state index contributed by atoms with van der Waals surface area (Å²) >= 11 is 0. The SMILES string of the molecule is [CH2-]CCCCCc1ccccc1.[Li+].[Li+]. The Labute approximate surface area is 112 Å². The van der Waals surface area contributed by atoms with Crippen molar-refractivity contribution in [3.8, 4) is 0 Å². The van der Waals surface area contributed by atoms with E-state index in [1.54, 1.807) is 0 Å². The third-order valence-corrected chi connectivity index (χ3v) is 2.06. The van der Waals surface area contributed by atoms with Crippen molar-refractivity contribution in [3.63, 3.8) is 0 Å². The van der Waals surface area contributed by atoms with Crippen LogP contribution in [0.15, 0.2) is 30.3 Å². The minimum atomic E-state index is 0. The van der Waals surface area contributed by atoms with Crippen molar-refractivity contribution in [1.82, 2.24) is 0 Å². The Balaban J connectivity index is 0. The van der Waals surface area contributed by atoms with E-state index in [1.165, 1.54) is 31.2 Å². The first-order valence-corrected chi connectivity index (χ1v) is 4.76. The monoisotopic (exact) mass is 175 g/mol. The average molecular weight is 175 g/mol. The number of rotatable bonds is 5. The molecule has 0 aliphatic heterocycles. The minimum absolute atomic E-state index is 0. The van der Waals surface area contributed by atoms with E-state index in [9.17, 15) is 0 Å². The maximum Gasteiger partial charge on any atom is 1.00 e. The van der Waals surface area contributed by atoms with E-state index < -0.39 is 0 Å². The fraction of sp³-hybridized carbons (Fsp3) is 0.417. The van der Waals surface area contributed by atoms with Gasteiger partial charge in [0, 0.05) is 0 Å². The molecule has 0 aliphatic rings. The summed E-state index contributed by atoms with van der Waals surface area (Å²) in [7, 11) is 0. The van der Waals surface area contributed by atoms with Crippen LogP contribution < -0.4 is 37.7 Å². The second-order valence-electron chi connectivity index (χ2n) is 3.15. The van der Waals surface area contributed by atoms with Gasteiger partial charge in [0.1, 0.15) is 0 Å². The van der Waals surface area contributed by atoms with Crippen molar-refractivity contribution in [2.75, 3.05) is 0 Å². The molecule has 0 unspecified atom stereocenters. The zero-order valence-electron chi connectivity index (χ0n) is 9.63. The smallest absolute Gasteiger partial charge is 0.343 e. The summed E-state index contributed by atoms with van der Waals surface area (Å²) in [6.07, 6.45) is 6.19. The molecule has 2 heteroatoms. The van der Waals surface area contributed by atoms with Crippen molar-refractivity contribution < 1.29 is 37.7 Å². The standard InChI is InChI=1S/C12H17.2Li/c1-2-3-4-6-9-12-10-7-5-8-11-12;;/h5,7-8,10-11H,1-4,6,9H2;;/q-1;2*+1. The van der Waals surface area contributed by atoms with Gasteiger partial charge >= 0.3 is 37.7 Å². The third kappa shape index (κ3) is 7.79. The number of hydrogen-bond donors (Lipinski definition) is 0. The molecule has 0 saturated carbocycles. The summed E-state index contributed by atoms with van der Waals surface area (Å²) < 4.78 is 0. The van der Waals surface area contributed by atoms with Gasteiger partial charge in [-0.1, -0.05) is 43.2 Å². The van der Waals surface area contributed by atoms with E-state index in [1.807, 2.05) is 0 Å². The zero-order chi connectivity index (χ0) is 8.65. The van der Waals surface area contributed by atoms with Gasteiger partial charge < -0.3 is 6.92 Å². The van der Waals surface area contributed by atoms with Crippen molar-refractivity contribution >= 4 is 0 Å². The molecule has 0 atom stereocenters. The normalized spacial score (nSPS) is 8.64. The van der Waals surface area contributed by atoms with Crippen molar-refractivity contribution in [3.05, 3.63) is 42.8 Å².